The van der Waals surface area contributed by atoms with Crippen molar-refractivity contribution in [2.45, 2.75) is 103 Å². The second-order valence-electron chi connectivity index (χ2n) is 12.1. The Morgan fingerprint density at radius 2 is 1.67 bits per heavy atom. The molecule has 2 aliphatic rings. The Kier molecular flexibility index (Phi) is 6.99. The summed E-state index contributed by atoms with van der Waals surface area (Å²) < 4.78 is 18.0. The summed E-state index contributed by atoms with van der Waals surface area (Å²) in [5.41, 5.74) is 0.134. The van der Waals surface area contributed by atoms with E-state index in [9.17, 15) is 4.79 Å². The zero-order valence-corrected chi connectivity index (χ0v) is 22.9. The maximum absolute atomic E-state index is 13.6. The summed E-state index contributed by atoms with van der Waals surface area (Å²) in [4.78, 5) is 15.5. The number of carbonyl (C=O) groups is 1. The minimum atomic E-state index is -2.12. The lowest BCUT2D eigenvalue weighted by Gasteiger charge is -2.43. The molecule has 0 spiro atoms. The van der Waals surface area contributed by atoms with Crippen LogP contribution in [0.2, 0.25) is 18.1 Å². The fourth-order valence-corrected chi connectivity index (χ4v) is 5.56. The predicted molar refractivity (Wildman–Crippen MR) is 135 cm³/mol. The van der Waals surface area contributed by atoms with E-state index in [-0.39, 0.29) is 22.6 Å². The lowest BCUT2D eigenvalue weighted by Crippen LogP contribution is -2.52. The van der Waals surface area contributed by atoms with Crippen LogP contribution in [0.3, 0.4) is 0 Å². The molecular formula is C27H41NO4Si. The van der Waals surface area contributed by atoms with Gasteiger partial charge in [0.1, 0.15) is 11.3 Å². The first kappa shape index (κ1) is 25.6. The van der Waals surface area contributed by atoms with Gasteiger partial charge in [0.2, 0.25) is 6.29 Å². The van der Waals surface area contributed by atoms with Crippen LogP contribution in [0.5, 0.6) is 5.75 Å². The number of nitrogens with zero attached hydrogens (tertiary/aromatic N) is 1. The Labute approximate surface area is 201 Å². The molecule has 1 unspecified atom stereocenters. The van der Waals surface area contributed by atoms with Gasteiger partial charge in [0.25, 0.3) is 0 Å². The molecule has 1 aromatic rings. The van der Waals surface area contributed by atoms with Crippen LogP contribution < -0.4 is 4.74 Å². The average Bonchev–Trinajstić information content (AvgIpc) is 3.26. The molecular weight excluding hydrogens is 430 g/mol. The third-order valence-electron chi connectivity index (χ3n) is 7.46. The lowest BCUT2D eigenvalue weighted by molar-refractivity contribution is -0.118. The molecule has 0 saturated carbocycles. The summed E-state index contributed by atoms with van der Waals surface area (Å²) >= 11 is 0. The number of hydrogen-bond acceptors (Lipinski definition) is 4. The van der Waals surface area contributed by atoms with E-state index in [4.69, 9.17) is 13.9 Å². The molecule has 0 N–H and O–H groups in total. The molecule has 33 heavy (non-hydrogen) atoms. The monoisotopic (exact) mass is 471 g/mol. The zero-order chi connectivity index (χ0) is 24.7. The molecule has 2 saturated heterocycles. The van der Waals surface area contributed by atoms with E-state index in [0.717, 1.165) is 37.0 Å². The van der Waals surface area contributed by atoms with Gasteiger partial charge in [-0.25, -0.2) is 4.79 Å². The standard InChI is InChI=1S/C27H41NO4Si/c1-25(2,3)23(32-33(8,9)26(4,5)6)31-24(29)28-21-15-18-27(28,19-16-21)17-14-20-10-12-22(30-7)13-11-20/h10-13,21,23H,15-16,18-19H2,1-9H3. The first-order valence-electron chi connectivity index (χ1n) is 12.0. The van der Waals surface area contributed by atoms with Crippen molar-refractivity contribution in [3.05, 3.63) is 29.8 Å². The number of amides is 1. The highest BCUT2D eigenvalue weighted by Crippen LogP contribution is 2.47. The minimum absolute atomic E-state index is 0.0284. The number of benzene rings is 1. The van der Waals surface area contributed by atoms with Crippen LogP contribution in [0.1, 0.15) is 72.8 Å². The number of ether oxygens (including phenoxy) is 2. The van der Waals surface area contributed by atoms with Gasteiger partial charge in [-0.2, -0.15) is 0 Å². The lowest BCUT2D eigenvalue weighted by atomic mass is 9.88. The first-order chi connectivity index (χ1) is 15.2. The normalized spacial score (nSPS) is 23.7. The van der Waals surface area contributed by atoms with Crippen LogP contribution in [0, 0.1) is 17.3 Å². The fraction of sp³-hybridized carbons (Fsp3) is 0.667. The number of rotatable bonds is 4. The predicted octanol–water partition coefficient (Wildman–Crippen LogP) is 6.57. The summed E-state index contributed by atoms with van der Waals surface area (Å²) in [6.45, 7) is 17.2. The molecule has 5 nitrogen and oxygen atoms in total. The van der Waals surface area contributed by atoms with Crippen molar-refractivity contribution in [2.24, 2.45) is 5.41 Å². The third-order valence-corrected chi connectivity index (χ3v) is 11.9. The molecule has 2 heterocycles. The topological polar surface area (TPSA) is 48.0 Å². The van der Waals surface area contributed by atoms with Gasteiger partial charge in [-0.3, -0.25) is 4.90 Å². The van der Waals surface area contributed by atoms with Gasteiger partial charge in [0, 0.05) is 17.0 Å². The van der Waals surface area contributed by atoms with Gasteiger partial charge < -0.3 is 13.9 Å². The van der Waals surface area contributed by atoms with E-state index < -0.39 is 20.1 Å². The van der Waals surface area contributed by atoms with Crippen molar-refractivity contribution in [3.63, 3.8) is 0 Å². The number of fused-ring (bicyclic) bond motifs is 2. The molecule has 2 bridgehead atoms. The summed E-state index contributed by atoms with van der Waals surface area (Å²) in [5.74, 6) is 7.57. The Morgan fingerprint density at radius 1 is 1.09 bits per heavy atom. The van der Waals surface area contributed by atoms with Crippen molar-refractivity contribution in [3.8, 4) is 17.6 Å². The van der Waals surface area contributed by atoms with E-state index in [1.54, 1.807) is 7.11 Å². The molecule has 1 amide bonds. The summed E-state index contributed by atoms with van der Waals surface area (Å²) in [5, 5.41) is 0.0284. The summed E-state index contributed by atoms with van der Waals surface area (Å²) in [6, 6.07) is 7.92. The maximum atomic E-state index is 13.6. The van der Waals surface area contributed by atoms with Gasteiger partial charge in [-0.15, -0.1) is 0 Å². The largest absolute Gasteiger partial charge is 0.497 e. The van der Waals surface area contributed by atoms with Crippen molar-refractivity contribution in [2.75, 3.05) is 7.11 Å². The van der Waals surface area contributed by atoms with Crippen molar-refractivity contribution in [1.82, 2.24) is 4.90 Å². The van der Waals surface area contributed by atoms with Crippen LogP contribution in [-0.2, 0) is 9.16 Å². The second kappa shape index (κ2) is 9.00. The average molecular weight is 472 g/mol. The van der Waals surface area contributed by atoms with Gasteiger partial charge in [0.15, 0.2) is 8.32 Å². The minimum Gasteiger partial charge on any atom is -0.497 e. The van der Waals surface area contributed by atoms with Crippen LogP contribution in [0.4, 0.5) is 4.79 Å². The Morgan fingerprint density at radius 3 is 2.15 bits per heavy atom. The van der Waals surface area contributed by atoms with Gasteiger partial charge in [0.05, 0.1) is 7.11 Å². The van der Waals surface area contributed by atoms with Crippen molar-refractivity contribution < 1.29 is 18.7 Å². The smallest absolute Gasteiger partial charge is 0.413 e. The zero-order valence-electron chi connectivity index (χ0n) is 21.9. The molecule has 6 heteroatoms. The van der Waals surface area contributed by atoms with E-state index in [1.165, 1.54) is 0 Å². The summed E-state index contributed by atoms with van der Waals surface area (Å²) in [7, 11) is -0.470. The number of hydrogen-bond donors (Lipinski definition) is 0. The molecule has 0 aliphatic carbocycles. The van der Waals surface area contributed by atoms with Gasteiger partial charge >= 0.3 is 6.09 Å². The second-order valence-corrected chi connectivity index (χ2v) is 16.8. The molecule has 2 aliphatic heterocycles. The molecule has 1 aromatic carbocycles. The highest BCUT2D eigenvalue weighted by Gasteiger charge is 2.55. The van der Waals surface area contributed by atoms with E-state index >= 15 is 0 Å². The van der Waals surface area contributed by atoms with Gasteiger partial charge in [-0.05, 0) is 68.1 Å². The quantitative estimate of drug-likeness (QED) is 0.283. The molecule has 1 atom stereocenters. The molecule has 0 aromatic heterocycles. The van der Waals surface area contributed by atoms with E-state index in [1.807, 2.05) is 29.2 Å². The highest BCUT2D eigenvalue weighted by atomic mass is 28.4. The SMILES string of the molecule is COc1ccc(C#CC23CCC(CC2)N3C(=O)OC(O[Si](C)(C)C(C)(C)C)C(C)(C)C)cc1. The Hall–Kier alpha value is -1.97. The highest BCUT2D eigenvalue weighted by molar-refractivity contribution is 6.74. The molecule has 0 radical (unpaired) electrons. The Balaban J connectivity index is 1.82. The maximum Gasteiger partial charge on any atom is 0.413 e. The molecule has 2 fully saturated rings. The van der Waals surface area contributed by atoms with Gasteiger partial charge in [-0.1, -0.05) is 53.4 Å². The molecule has 182 valence electrons. The Bertz CT molecular complexity index is 907. The summed E-state index contributed by atoms with van der Waals surface area (Å²) in [6.07, 6.45) is 2.82. The van der Waals surface area contributed by atoms with Crippen LogP contribution in [0.15, 0.2) is 24.3 Å². The number of carbonyl (C=O) groups excluding carboxylic acids is 1. The van der Waals surface area contributed by atoms with Crippen LogP contribution in [-0.4, -0.2) is 44.3 Å². The fourth-order valence-electron chi connectivity index (χ4n) is 4.27. The van der Waals surface area contributed by atoms with E-state index in [0.29, 0.717) is 0 Å². The third kappa shape index (κ3) is 5.41. The van der Waals surface area contributed by atoms with E-state index in [2.05, 4.69) is 66.5 Å². The van der Waals surface area contributed by atoms with Crippen LogP contribution >= 0.6 is 0 Å². The van der Waals surface area contributed by atoms with Crippen molar-refractivity contribution >= 4 is 14.4 Å². The number of methoxy groups -OCH3 is 1. The first-order valence-corrected chi connectivity index (χ1v) is 14.9. The van der Waals surface area contributed by atoms with Crippen molar-refractivity contribution in [1.29, 1.82) is 0 Å². The molecule has 3 rings (SSSR count). The van der Waals surface area contributed by atoms with Crippen LogP contribution in [0.25, 0.3) is 0 Å².